The van der Waals surface area contributed by atoms with Gasteiger partial charge in [-0.3, -0.25) is 0 Å². The molecule has 0 saturated heterocycles. The predicted molar refractivity (Wildman–Crippen MR) is 65.0 cm³/mol. The van der Waals surface area contributed by atoms with Crippen LogP contribution in [-0.4, -0.2) is 30.5 Å². The topological polar surface area (TPSA) is 12.0 Å². The summed E-state index contributed by atoms with van der Waals surface area (Å²) in [6, 6.07) is 0. The molecule has 0 aromatic heterocycles. The second-order valence-electron chi connectivity index (χ2n) is 3.29. The SMILES string of the molecule is CCC(CC)C(Cl)CNCCSC. The molecule has 1 unspecified atom stereocenters. The van der Waals surface area contributed by atoms with Crippen LogP contribution in [0.4, 0.5) is 0 Å². The van der Waals surface area contributed by atoms with E-state index >= 15 is 0 Å². The van der Waals surface area contributed by atoms with E-state index in [1.807, 2.05) is 11.8 Å². The van der Waals surface area contributed by atoms with Crippen LogP contribution in [0.1, 0.15) is 26.7 Å². The van der Waals surface area contributed by atoms with Crippen LogP contribution in [0.5, 0.6) is 0 Å². The first-order valence-electron chi connectivity index (χ1n) is 5.09. The Balaban J connectivity index is 3.42. The van der Waals surface area contributed by atoms with Gasteiger partial charge in [-0.05, 0) is 12.2 Å². The summed E-state index contributed by atoms with van der Waals surface area (Å²) in [5.74, 6) is 1.84. The molecule has 1 nitrogen and oxygen atoms in total. The van der Waals surface area contributed by atoms with Crippen LogP contribution in [0.15, 0.2) is 0 Å². The maximum absolute atomic E-state index is 6.26. The number of alkyl halides is 1. The molecular weight excluding hydrogens is 202 g/mol. The summed E-state index contributed by atoms with van der Waals surface area (Å²) in [4.78, 5) is 0. The normalized spacial score (nSPS) is 13.6. The van der Waals surface area contributed by atoms with Gasteiger partial charge in [0, 0.05) is 24.2 Å². The summed E-state index contributed by atoms with van der Waals surface area (Å²) < 4.78 is 0. The molecular formula is C10H22ClNS. The molecule has 0 radical (unpaired) electrons. The Hall–Kier alpha value is 0.600. The lowest BCUT2D eigenvalue weighted by atomic mass is 9.99. The van der Waals surface area contributed by atoms with Gasteiger partial charge in [0.05, 0.1) is 0 Å². The number of thioether (sulfide) groups is 1. The fourth-order valence-corrected chi connectivity index (χ4v) is 2.19. The zero-order chi connectivity index (χ0) is 10.1. The van der Waals surface area contributed by atoms with Gasteiger partial charge in [-0.15, -0.1) is 11.6 Å². The summed E-state index contributed by atoms with van der Waals surface area (Å²) in [7, 11) is 0. The zero-order valence-electron chi connectivity index (χ0n) is 8.98. The van der Waals surface area contributed by atoms with Gasteiger partial charge in [-0.25, -0.2) is 0 Å². The Bertz CT molecular complexity index is 107. The smallest absolute Gasteiger partial charge is 0.0488 e. The molecule has 0 heterocycles. The molecule has 0 aromatic carbocycles. The lowest BCUT2D eigenvalue weighted by molar-refractivity contribution is 0.450. The van der Waals surface area contributed by atoms with Crippen molar-refractivity contribution in [1.29, 1.82) is 0 Å². The molecule has 13 heavy (non-hydrogen) atoms. The summed E-state index contributed by atoms with van der Waals surface area (Å²) in [6.45, 7) is 6.45. The predicted octanol–water partition coefficient (Wildman–Crippen LogP) is 2.98. The number of hydrogen-bond acceptors (Lipinski definition) is 2. The van der Waals surface area contributed by atoms with E-state index in [9.17, 15) is 0 Å². The summed E-state index contributed by atoms with van der Waals surface area (Å²) in [5.41, 5.74) is 0. The molecule has 0 saturated carbocycles. The van der Waals surface area contributed by atoms with Crippen LogP contribution < -0.4 is 5.32 Å². The van der Waals surface area contributed by atoms with Gasteiger partial charge in [-0.2, -0.15) is 11.8 Å². The average molecular weight is 224 g/mol. The van der Waals surface area contributed by atoms with E-state index in [4.69, 9.17) is 11.6 Å². The molecule has 0 bridgehead atoms. The van der Waals surface area contributed by atoms with Gasteiger partial charge in [0.25, 0.3) is 0 Å². The number of nitrogens with one attached hydrogen (secondary N) is 1. The van der Waals surface area contributed by atoms with E-state index < -0.39 is 0 Å². The highest BCUT2D eigenvalue weighted by atomic mass is 35.5. The fourth-order valence-electron chi connectivity index (χ4n) is 1.38. The maximum atomic E-state index is 6.26. The highest BCUT2D eigenvalue weighted by Crippen LogP contribution is 2.17. The summed E-state index contributed by atoms with van der Waals surface area (Å²) >= 11 is 8.12. The maximum Gasteiger partial charge on any atom is 0.0488 e. The van der Waals surface area contributed by atoms with E-state index in [1.165, 1.54) is 18.6 Å². The van der Waals surface area contributed by atoms with Crippen LogP contribution in [0.2, 0.25) is 0 Å². The molecule has 3 heteroatoms. The zero-order valence-corrected chi connectivity index (χ0v) is 10.5. The van der Waals surface area contributed by atoms with Crippen molar-refractivity contribution in [2.75, 3.05) is 25.1 Å². The molecule has 0 fully saturated rings. The molecule has 0 aromatic rings. The van der Waals surface area contributed by atoms with Crippen molar-refractivity contribution in [3.63, 3.8) is 0 Å². The van der Waals surface area contributed by atoms with Crippen LogP contribution in [-0.2, 0) is 0 Å². The fraction of sp³-hybridized carbons (Fsp3) is 1.00. The van der Waals surface area contributed by atoms with Crippen LogP contribution in [0.25, 0.3) is 0 Å². The van der Waals surface area contributed by atoms with Crippen LogP contribution in [0, 0.1) is 5.92 Å². The van der Waals surface area contributed by atoms with Gasteiger partial charge in [-0.1, -0.05) is 26.7 Å². The van der Waals surface area contributed by atoms with Gasteiger partial charge >= 0.3 is 0 Å². The van der Waals surface area contributed by atoms with Crippen molar-refractivity contribution >= 4 is 23.4 Å². The molecule has 0 aliphatic rings. The van der Waals surface area contributed by atoms with Gasteiger partial charge < -0.3 is 5.32 Å². The number of halogens is 1. The molecule has 0 spiro atoms. The van der Waals surface area contributed by atoms with Crippen molar-refractivity contribution in [2.24, 2.45) is 5.92 Å². The number of rotatable bonds is 8. The minimum absolute atomic E-state index is 0.303. The van der Waals surface area contributed by atoms with Crippen LogP contribution in [0.3, 0.4) is 0 Å². The van der Waals surface area contributed by atoms with Crippen molar-refractivity contribution in [2.45, 2.75) is 32.1 Å². The van der Waals surface area contributed by atoms with Gasteiger partial charge in [0.2, 0.25) is 0 Å². The van der Waals surface area contributed by atoms with Crippen LogP contribution >= 0.6 is 23.4 Å². The largest absolute Gasteiger partial charge is 0.314 e. The van der Waals surface area contributed by atoms with Crippen molar-refractivity contribution in [3.05, 3.63) is 0 Å². The van der Waals surface area contributed by atoms with E-state index in [0.717, 1.165) is 13.1 Å². The van der Waals surface area contributed by atoms with E-state index in [-0.39, 0.29) is 0 Å². The molecule has 1 N–H and O–H groups in total. The first kappa shape index (κ1) is 13.6. The second kappa shape index (κ2) is 9.17. The minimum Gasteiger partial charge on any atom is -0.314 e. The Kier molecular flexibility index (Phi) is 9.59. The Morgan fingerprint density at radius 1 is 1.31 bits per heavy atom. The van der Waals surface area contributed by atoms with Crippen molar-refractivity contribution < 1.29 is 0 Å². The van der Waals surface area contributed by atoms with E-state index in [2.05, 4.69) is 25.4 Å². The molecule has 0 rings (SSSR count). The Morgan fingerprint density at radius 2 is 1.92 bits per heavy atom. The number of hydrogen-bond donors (Lipinski definition) is 1. The molecule has 0 aliphatic carbocycles. The Morgan fingerprint density at radius 3 is 2.38 bits per heavy atom. The molecule has 0 aliphatic heterocycles. The summed E-state index contributed by atoms with van der Waals surface area (Å²) in [5, 5.41) is 3.69. The van der Waals surface area contributed by atoms with Gasteiger partial charge in [0.15, 0.2) is 0 Å². The van der Waals surface area contributed by atoms with E-state index in [1.54, 1.807) is 0 Å². The van der Waals surface area contributed by atoms with Gasteiger partial charge in [0.1, 0.15) is 0 Å². The average Bonchev–Trinajstić information content (AvgIpc) is 2.14. The quantitative estimate of drug-likeness (QED) is 0.502. The van der Waals surface area contributed by atoms with E-state index in [0.29, 0.717) is 11.3 Å². The molecule has 80 valence electrons. The highest BCUT2D eigenvalue weighted by Gasteiger charge is 2.14. The Labute approximate surface area is 92.0 Å². The monoisotopic (exact) mass is 223 g/mol. The molecule has 0 amide bonds. The molecule has 1 atom stereocenters. The van der Waals surface area contributed by atoms with Crippen molar-refractivity contribution in [3.8, 4) is 0 Å². The third-order valence-corrected chi connectivity index (χ3v) is 3.51. The lowest BCUT2D eigenvalue weighted by Gasteiger charge is -2.19. The lowest BCUT2D eigenvalue weighted by Crippen LogP contribution is -2.30. The third kappa shape index (κ3) is 6.64. The third-order valence-electron chi connectivity index (χ3n) is 2.38. The summed E-state index contributed by atoms with van der Waals surface area (Å²) in [6.07, 6.45) is 4.50. The standard InChI is InChI=1S/C10H22ClNS/c1-4-9(5-2)10(11)8-12-6-7-13-3/h9-10,12H,4-8H2,1-3H3. The van der Waals surface area contributed by atoms with Crippen molar-refractivity contribution in [1.82, 2.24) is 5.32 Å². The second-order valence-corrected chi connectivity index (χ2v) is 4.84. The first-order chi connectivity index (χ1) is 6.26. The first-order valence-corrected chi connectivity index (χ1v) is 6.92. The highest BCUT2D eigenvalue weighted by molar-refractivity contribution is 7.98. The minimum atomic E-state index is 0.303.